The molecule has 0 saturated carbocycles. The molecule has 0 saturated heterocycles. The number of carbonyl (C=O) groups excluding carboxylic acids is 1. The SMILES string of the molecule is COC(C)C(=O)Nc1ccc(C/C(N)=N/O)cc1. The summed E-state index contributed by atoms with van der Waals surface area (Å²) in [5.74, 6) is -0.0681. The van der Waals surface area contributed by atoms with Crippen molar-refractivity contribution in [2.75, 3.05) is 12.4 Å². The maximum absolute atomic E-state index is 11.5. The van der Waals surface area contributed by atoms with Crippen LogP contribution >= 0.6 is 0 Å². The van der Waals surface area contributed by atoms with E-state index in [-0.39, 0.29) is 11.7 Å². The lowest BCUT2D eigenvalue weighted by atomic mass is 10.1. The fourth-order valence-electron chi connectivity index (χ4n) is 1.30. The molecule has 1 aromatic rings. The quantitative estimate of drug-likeness (QED) is 0.314. The second-order valence-corrected chi connectivity index (χ2v) is 3.83. The van der Waals surface area contributed by atoms with Gasteiger partial charge in [0.1, 0.15) is 11.9 Å². The molecule has 98 valence electrons. The predicted molar refractivity (Wildman–Crippen MR) is 68.7 cm³/mol. The van der Waals surface area contributed by atoms with E-state index in [2.05, 4.69) is 10.5 Å². The van der Waals surface area contributed by atoms with Gasteiger partial charge in [-0.1, -0.05) is 17.3 Å². The Hall–Kier alpha value is -2.08. The summed E-state index contributed by atoms with van der Waals surface area (Å²) in [5, 5.41) is 14.1. The molecule has 0 fully saturated rings. The van der Waals surface area contributed by atoms with Gasteiger partial charge in [0.05, 0.1) is 0 Å². The van der Waals surface area contributed by atoms with Crippen LogP contribution in [0.2, 0.25) is 0 Å². The van der Waals surface area contributed by atoms with Crippen LogP contribution in [0.1, 0.15) is 12.5 Å². The van der Waals surface area contributed by atoms with Crippen LogP contribution in [-0.2, 0) is 16.0 Å². The highest BCUT2D eigenvalue weighted by Crippen LogP contribution is 2.10. The number of amidine groups is 1. The van der Waals surface area contributed by atoms with Gasteiger partial charge in [0.15, 0.2) is 0 Å². The topological polar surface area (TPSA) is 96.9 Å². The van der Waals surface area contributed by atoms with E-state index < -0.39 is 6.10 Å². The second kappa shape index (κ2) is 6.61. The van der Waals surface area contributed by atoms with E-state index in [0.29, 0.717) is 12.1 Å². The minimum atomic E-state index is -0.498. The number of anilines is 1. The van der Waals surface area contributed by atoms with Crippen LogP contribution < -0.4 is 11.1 Å². The highest BCUT2D eigenvalue weighted by atomic mass is 16.5. The Kier molecular flexibility index (Phi) is 5.13. The van der Waals surface area contributed by atoms with Crippen molar-refractivity contribution >= 4 is 17.4 Å². The molecule has 1 unspecified atom stereocenters. The summed E-state index contributed by atoms with van der Waals surface area (Å²) in [5.41, 5.74) is 6.96. The molecule has 0 radical (unpaired) electrons. The largest absolute Gasteiger partial charge is 0.409 e. The molecule has 1 rings (SSSR count). The smallest absolute Gasteiger partial charge is 0.253 e. The molecule has 6 nitrogen and oxygen atoms in total. The number of nitrogens with two attached hydrogens (primary N) is 1. The zero-order chi connectivity index (χ0) is 13.5. The summed E-state index contributed by atoms with van der Waals surface area (Å²) < 4.78 is 4.90. The average Bonchev–Trinajstić information content (AvgIpc) is 2.39. The number of ether oxygens (including phenoxy) is 1. The first kappa shape index (κ1) is 14.0. The fraction of sp³-hybridized carbons (Fsp3) is 0.333. The van der Waals surface area contributed by atoms with Crippen molar-refractivity contribution in [2.24, 2.45) is 10.9 Å². The number of nitrogens with one attached hydrogen (secondary N) is 1. The molecule has 1 amide bonds. The van der Waals surface area contributed by atoms with Crippen molar-refractivity contribution in [1.29, 1.82) is 0 Å². The summed E-state index contributed by atoms with van der Waals surface area (Å²) in [4.78, 5) is 11.5. The Bertz CT molecular complexity index is 429. The minimum Gasteiger partial charge on any atom is -0.409 e. The molecule has 1 atom stereocenters. The zero-order valence-corrected chi connectivity index (χ0v) is 10.4. The lowest BCUT2D eigenvalue weighted by Gasteiger charge is -2.10. The molecule has 0 heterocycles. The number of methoxy groups -OCH3 is 1. The van der Waals surface area contributed by atoms with Crippen molar-refractivity contribution in [1.82, 2.24) is 0 Å². The van der Waals surface area contributed by atoms with Gasteiger partial charge in [0.2, 0.25) is 0 Å². The Labute approximate surface area is 105 Å². The van der Waals surface area contributed by atoms with Crippen LogP contribution in [0.3, 0.4) is 0 Å². The van der Waals surface area contributed by atoms with Crippen molar-refractivity contribution < 1.29 is 14.7 Å². The maximum atomic E-state index is 11.5. The molecular weight excluding hydrogens is 234 g/mol. The summed E-state index contributed by atoms with van der Waals surface area (Å²) in [6.07, 6.45) is -0.138. The van der Waals surface area contributed by atoms with Gasteiger partial charge in [-0.2, -0.15) is 0 Å². The molecule has 0 aliphatic heterocycles. The lowest BCUT2D eigenvalue weighted by Crippen LogP contribution is -2.26. The minimum absolute atomic E-state index is 0.139. The van der Waals surface area contributed by atoms with Crippen molar-refractivity contribution in [2.45, 2.75) is 19.4 Å². The Balaban J connectivity index is 2.63. The second-order valence-electron chi connectivity index (χ2n) is 3.83. The Morgan fingerprint density at radius 3 is 2.61 bits per heavy atom. The molecule has 6 heteroatoms. The zero-order valence-electron chi connectivity index (χ0n) is 10.4. The van der Waals surface area contributed by atoms with Gasteiger partial charge in [-0.15, -0.1) is 0 Å². The molecule has 0 spiro atoms. The fourth-order valence-corrected chi connectivity index (χ4v) is 1.30. The number of benzene rings is 1. The number of nitrogens with zero attached hydrogens (tertiary/aromatic N) is 1. The first-order valence-electron chi connectivity index (χ1n) is 5.45. The number of amides is 1. The van der Waals surface area contributed by atoms with Gasteiger partial charge in [-0.25, -0.2) is 0 Å². The van der Waals surface area contributed by atoms with Crippen molar-refractivity contribution in [3.8, 4) is 0 Å². The maximum Gasteiger partial charge on any atom is 0.253 e. The standard InChI is InChI=1S/C12H17N3O3/c1-8(18-2)12(16)14-10-5-3-9(4-6-10)7-11(13)15-17/h3-6,8,17H,7H2,1-2H3,(H2,13,15)(H,14,16). The highest BCUT2D eigenvalue weighted by molar-refractivity contribution is 5.93. The number of hydrogen-bond donors (Lipinski definition) is 3. The first-order chi connectivity index (χ1) is 8.56. The highest BCUT2D eigenvalue weighted by Gasteiger charge is 2.11. The van der Waals surface area contributed by atoms with E-state index in [1.165, 1.54) is 7.11 Å². The van der Waals surface area contributed by atoms with E-state index >= 15 is 0 Å². The van der Waals surface area contributed by atoms with Crippen LogP contribution in [0.5, 0.6) is 0 Å². The third kappa shape index (κ3) is 4.06. The van der Waals surface area contributed by atoms with E-state index in [4.69, 9.17) is 15.7 Å². The molecule has 1 aromatic carbocycles. The number of rotatable bonds is 5. The lowest BCUT2D eigenvalue weighted by molar-refractivity contribution is -0.124. The van der Waals surface area contributed by atoms with Gasteiger partial charge in [0, 0.05) is 19.2 Å². The van der Waals surface area contributed by atoms with Gasteiger partial charge in [-0.05, 0) is 24.6 Å². The van der Waals surface area contributed by atoms with E-state index in [1.54, 1.807) is 31.2 Å². The Morgan fingerprint density at radius 2 is 2.11 bits per heavy atom. The van der Waals surface area contributed by atoms with Gasteiger partial charge >= 0.3 is 0 Å². The van der Waals surface area contributed by atoms with E-state index in [0.717, 1.165) is 5.56 Å². The van der Waals surface area contributed by atoms with Crippen LogP contribution in [0, 0.1) is 0 Å². The predicted octanol–water partition coefficient (Wildman–Crippen LogP) is 0.949. The summed E-state index contributed by atoms with van der Waals surface area (Å²) in [7, 11) is 1.48. The molecule has 18 heavy (non-hydrogen) atoms. The van der Waals surface area contributed by atoms with E-state index in [1.807, 2.05) is 0 Å². The molecule has 0 aliphatic rings. The molecule has 0 aliphatic carbocycles. The van der Waals surface area contributed by atoms with Crippen LogP contribution in [0.25, 0.3) is 0 Å². The van der Waals surface area contributed by atoms with Crippen molar-refractivity contribution in [3.63, 3.8) is 0 Å². The third-order valence-corrected chi connectivity index (χ3v) is 2.46. The number of hydrogen-bond acceptors (Lipinski definition) is 4. The number of oxime groups is 1. The normalized spacial score (nSPS) is 13.1. The molecule has 4 N–H and O–H groups in total. The third-order valence-electron chi connectivity index (χ3n) is 2.46. The van der Waals surface area contributed by atoms with Crippen molar-refractivity contribution in [3.05, 3.63) is 29.8 Å². The first-order valence-corrected chi connectivity index (χ1v) is 5.45. The summed E-state index contributed by atoms with van der Waals surface area (Å²) >= 11 is 0. The molecule has 0 aromatic heterocycles. The van der Waals surface area contributed by atoms with Crippen LogP contribution in [0.15, 0.2) is 29.4 Å². The van der Waals surface area contributed by atoms with Crippen LogP contribution in [0.4, 0.5) is 5.69 Å². The van der Waals surface area contributed by atoms with Gasteiger partial charge < -0.3 is 21.0 Å². The number of carbonyl (C=O) groups is 1. The van der Waals surface area contributed by atoms with Gasteiger partial charge in [0.25, 0.3) is 5.91 Å². The molecular formula is C12H17N3O3. The monoisotopic (exact) mass is 251 g/mol. The Morgan fingerprint density at radius 1 is 1.50 bits per heavy atom. The van der Waals surface area contributed by atoms with Gasteiger partial charge in [-0.3, -0.25) is 4.79 Å². The van der Waals surface area contributed by atoms with E-state index in [9.17, 15) is 4.79 Å². The summed E-state index contributed by atoms with van der Waals surface area (Å²) in [6.45, 7) is 1.67. The average molecular weight is 251 g/mol. The van der Waals surface area contributed by atoms with Crippen LogP contribution in [-0.4, -0.2) is 30.2 Å². The summed E-state index contributed by atoms with van der Waals surface area (Å²) in [6, 6.07) is 7.09. The molecule has 0 bridgehead atoms.